The molecule has 36 heavy (non-hydrogen) atoms. The van der Waals surface area contributed by atoms with Gasteiger partial charge in [0.2, 0.25) is 0 Å². The fourth-order valence-corrected chi connectivity index (χ4v) is 4.55. The van der Waals surface area contributed by atoms with Crippen molar-refractivity contribution >= 4 is 38.8 Å². The van der Waals surface area contributed by atoms with E-state index in [0.29, 0.717) is 65.7 Å². The van der Waals surface area contributed by atoms with Gasteiger partial charge < -0.3 is 23.7 Å². The monoisotopic (exact) mass is 491 g/mol. The van der Waals surface area contributed by atoms with E-state index < -0.39 is 5.97 Å². The molecule has 1 aliphatic heterocycles. The van der Waals surface area contributed by atoms with Crippen LogP contribution in [-0.2, 0) is 9.47 Å². The maximum Gasteiger partial charge on any atom is 0.344 e. The number of ether oxygens (including phenoxy) is 5. The molecule has 3 aromatic carbocycles. The third-order valence-corrected chi connectivity index (χ3v) is 6.32. The Kier molecular flexibility index (Phi) is 7.02. The molecule has 0 unspecified atom stereocenters. The molecule has 188 valence electrons. The van der Waals surface area contributed by atoms with Gasteiger partial charge in [-0.1, -0.05) is 24.3 Å². The number of benzene rings is 3. The summed E-state index contributed by atoms with van der Waals surface area (Å²) < 4.78 is 28.3. The van der Waals surface area contributed by atoms with Crippen LogP contribution in [0.2, 0.25) is 0 Å². The van der Waals surface area contributed by atoms with E-state index in [1.807, 2.05) is 24.3 Å². The van der Waals surface area contributed by atoms with Gasteiger partial charge in [-0.05, 0) is 19.1 Å². The highest BCUT2D eigenvalue weighted by Crippen LogP contribution is 2.40. The summed E-state index contributed by atoms with van der Waals surface area (Å²) >= 11 is 0. The largest absolute Gasteiger partial charge is 0.494 e. The lowest BCUT2D eigenvalue weighted by molar-refractivity contribution is 0.0321. The highest BCUT2D eigenvalue weighted by Gasteiger charge is 2.26. The summed E-state index contributed by atoms with van der Waals surface area (Å²) in [6.45, 7) is 6.24. The Labute approximate surface area is 208 Å². The molecule has 0 spiro atoms. The van der Waals surface area contributed by atoms with Crippen LogP contribution < -0.4 is 14.2 Å². The van der Waals surface area contributed by atoms with Crippen LogP contribution in [0.3, 0.4) is 0 Å². The second kappa shape index (κ2) is 10.5. The lowest BCUT2D eigenvalue weighted by Crippen LogP contribution is -2.38. The molecule has 0 bridgehead atoms. The zero-order valence-corrected chi connectivity index (χ0v) is 20.7. The van der Waals surface area contributed by atoms with Gasteiger partial charge >= 0.3 is 5.97 Å². The topological polar surface area (TPSA) is 92.2 Å². The number of carbonyl (C=O) groups excluding carboxylic acids is 1. The van der Waals surface area contributed by atoms with Crippen molar-refractivity contribution in [2.75, 3.05) is 60.3 Å². The fraction of sp³-hybridized carbons (Fsp3) is 0.370. The van der Waals surface area contributed by atoms with E-state index in [1.54, 1.807) is 33.3 Å². The molecular formula is C27H29N3O6. The lowest BCUT2D eigenvalue weighted by Gasteiger charge is -2.26. The number of fused-ring (bicyclic) bond motifs is 4. The molecule has 1 fully saturated rings. The number of carbonyl (C=O) groups is 1. The van der Waals surface area contributed by atoms with Crippen LogP contribution in [0.1, 0.15) is 17.3 Å². The van der Waals surface area contributed by atoms with E-state index in [4.69, 9.17) is 33.7 Å². The number of esters is 1. The minimum absolute atomic E-state index is 0.221. The average molecular weight is 492 g/mol. The average Bonchev–Trinajstić information content (AvgIpc) is 2.92. The molecule has 1 aliphatic rings. The molecule has 0 aliphatic carbocycles. The van der Waals surface area contributed by atoms with E-state index in [1.165, 1.54) is 0 Å². The quantitative estimate of drug-likeness (QED) is 0.207. The van der Waals surface area contributed by atoms with Crippen molar-refractivity contribution in [2.45, 2.75) is 6.92 Å². The first-order valence-electron chi connectivity index (χ1n) is 12.0. The Bertz CT molecular complexity index is 1420. The summed E-state index contributed by atoms with van der Waals surface area (Å²) in [5, 5.41) is 1.59. The van der Waals surface area contributed by atoms with Crippen molar-refractivity contribution in [1.82, 2.24) is 14.9 Å². The summed E-state index contributed by atoms with van der Waals surface area (Å²) in [7, 11) is 3.15. The molecule has 5 rings (SSSR count). The molecule has 9 heteroatoms. The summed E-state index contributed by atoms with van der Waals surface area (Å²) in [5.41, 5.74) is 2.25. The number of methoxy groups -OCH3 is 2. The normalized spacial score (nSPS) is 14.3. The minimum atomic E-state index is -0.509. The summed E-state index contributed by atoms with van der Waals surface area (Å²) in [6.07, 6.45) is 0. The number of hydrogen-bond acceptors (Lipinski definition) is 9. The molecule has 0 radical (unpaired) electrons. The van der Waals surface area contributed by atoms with Crippen LogP contribution >= 0.6 is 0 Å². The smallest absolute Gasteiger partial charge is 0.344 e. The van der Waals surface area contributed by atoms with Crippen molar-refractivity contribution in [3.05, 3.63) is 42.0 Å². The first kappa shape index (κ1) is 24.0. The molecule has 0 amide bonds. The maximum atomic E-state index is 13.3. The lowest BCUT2D eigenvalue weighted by atomic mass is 10.0. The van der Waals surface area contributed by atoms with Gasteiger partial charge in [-0.15, -0.1) is 0 Å². The Morgan fingerprint density at radius 2 is 1.56 bits per heavy atom. The van der Waals surface area contributed by atoms with E-state index in [-0.39, 0.29) is 12.2 Å². The van der Waals surface area contributed by atoms with Gasteiger partial charge in [0.25, 0.3) is 0 Å². The molecular weight excluding hydrogens is 462 g/mol. The second-order valence-corrected chi connectivity index (χ2v) is 8.36. The number of morpholine rings is 1. The number of hydrogen-bond donors (Lipinski definition) is 0. The van der Waals surface area contributed by atoms with Crippen LogP contribution in [0.5, 0.6) is 17.2 Å². The first-order valence-corrected chi connectivity index (χ1v) is 12.0. The Morgan fingerprint density at radius 1 is 0.917 bits per heavy atom. The summed E-state index contributed by atoms with van der Waals surface area (Å²) in [6, 6.07) is 11.3. The van der Waals surface area contributed by atoms with Gasteiger partial charge in [-0.3, -0.25) is 4.90 Å². The Morgan fingerprint density at radius 3 is 2.19 bits per heavy atom. The number of nitrogens with zero attached hydrogens (tertiary/aromatic N) is 3. The van der Waals surface area contributed by atoms with Crippen LogP contribution in [0.25, 0.3) is 32.8 Å². The maximum absolute atomic E-state index is 13.3. The van der Waals surface area contributed by atoms with Gasteiger partial charge in [-0.25, -0.2) is 14.8 Å². The molecule has 0 atom stereocenters. The van der Waals surface area contributed by atoms with Crippen LogP contribution in [0.4, 0.5) is 0 Å². The highest BCUT2D eigenvalue weighted by atomic mass is 16.5. The van der Waals surface area contributed by atoms with Crippen LogP contribution in [0.15, 0.2) is 36.4 Å². The number of aromatic nitrogens is 2. The van der Waals surface area contributed by atoms with Crippen molar-refractivity contribution in [3.63, 3.8) is 0 Å². The molecule has 9 nitrogen and oxygen atoms in total. The van der Waals surface area contributed by atoms with E-state index in [9.17, 15) is 4.79 Å². The third-order valence-electron chi connectivity index (χ3n) is 6.32. The second-order valence-electron chi connectivity index (χ2n) is 8.36. The zero-order valence-electron chi connectivity index (χ0n) is 20.7. The summed E-state index contributed by atoms with van der Waals surface area (Å²) in [5.74, 6) is 1.02. The van der Waals surface area contributed by atoms with Gasteiger partial charge in [0.15, 0.2) is 0 Å². The van der Waals surface area contributed by atoms with Crippen molar-refractivity contribution in [3.8, 4) is 17.2 Å². The molecule has 0 saturated carbocycles. The molecule has 2 heterocycles. The van der Waals surface area contributed by atoms with Gasteiger partial charge in [0, 0.05) is 30.4 Å². The molecule has 4 aromatic rings. The highest BCUT2D eigenvalue weighted by molar-refractivity contribution is 6.18. The van der Waals surface area contributed by atoms with E-state index in [0.717, 1.165) is 23.9 Å². The fourth-order valence-electron chi connectivity index (χ4n) is 4.55. The zero-order chi connectivity index (χ0) is 25.1. The van der Waals surface area contributed by atoms with Crippen LogP contribution in [-0.4, -0.2) is 81.1 Å². The predicted octanol–water partition coefficient (Wildman–Crippen LogP) is 3.84. The van der Waals surface area contributed by atoms with Crippen LogP contribution in [0, 0.1) is 0 Å². The van der Waals surface area contributed by atoms with Crippen molar-refractivity contribution < 1.29 is 28.5 Å². The van der Waals surface area contributed by atoms with Gasteiger partial charge in [-0.2, -0.15) is 0 Å². The SMILES string of the molecule is CCOC(=O)c1c(OCCN2CCOCC2)c2ccccc2c2nc3c(OC)ccc(OC)c3nc12. The minimum Gasteiger partial charge on any atom is -0.494 e. The molecule has 1 saturated heterocycles. The first-order chi connectivity index (χ1) is 17.7. The van der Waals surface area contributed by atoms with Crippen molar-refractivity contribution in [1.29, 1.82) is 0 Å². The third kappa shape index (κ3) is 4.36. The van der Waals surface area contributed by atoms with Gasteiger partial charge in [0.1, 0.15) is 46.0 Å². The molecule has 0 N–H and O–H groups in total. The van der Waals surface area contributed by atoms with Crippen molar-refractivity contribution in [2.24, 2.45) is 0 Å². The number of rotatable bonds is 8. The predicted molar refractivity (Wildman–Crippen MR) is 136 cm³/mol. The standard InChI is InChI=1S/C27H29N3O6/c1-4-35-27(31)21-25-22(28-23-19(32-2)9-10-20(33-3)24(23)29-25)17-7-5-6-8-18(17)26(21)36-16-13-30-11-14-34-15-12-30/h5-10H,4,11-16H2,1-3H3. The Balaban J connectivity index is 1.74. The van der Waals surface area contributed by atoms with E-state index in [2.05, 4.69) is 4.90 Å². The Hall–Kier alpha value is -3.69. The van der Waals surface area contributed by atoms with E-state index >= 15 is 0 Å². The molecule has 1 aromatic heterocycles. The van der Waals surface area contributed by atoms with Gasteiger partial charge in [0.05, 0.1) is 39.6 Å². The summed E-state index contributed by atoms with van der Waals surface area (Å²) in [4.78, 5) is 25.5.